The van der Waals surface area contributed by atoms with Crippen LogP contribution in [0.15, 0.2) is 66.7 Å². The van der Waals surface area contributed by atoms with E-state index in [9.17, 15) is 0 Å². The Morgan fingerprint density at radius 1 is 0.737 bits per heavy atom. The summed E-state index contributed by atoms with van der Waals surface area (Å²) < 4.78 is 0. The number of rotatable bonds is 2. The third-order valence-electron chi connectivity index (χ3n) is 3.71. The quantitative estimate of drug-likeness (QED) is 0.659. The zero-order chi connectivity index (χ0) is 13.2. The molecule has 0 saturated heterocycles. The van der Waals surface area contributed by atoms with E-state index in [0.717, 1.165) is 5.69 Å². The van der Waals surface area contributed by atoms with E-state index in [2.05, 4.69) is 61.5 Å². The summed E-state index contributed by atoms with van der Waals surface area (Å²) in [6.45, 7) is 2.23. The predicted octanol–water partition coefficient (Wildman–Crippen LogP) is 4.57. The van der Waals surface area contributed by atoms with Crippen LogP contribution in [-0.4, -0.2) is 0 Å². The molecule has 3 rings (SSSR count). The fraction of sp³-hybridized carbons (Fsp3) is 0.111. The SMILES string of the molecule is CC(c1ccc(N)cc1)c1ccc2ccccc2c1. The van der Waals surface area contributed by atoms with E-state index in [1.54, 1.807) is 0 Å². The highest BCUT2D eigenvalue weighted by molar-refractivity contribution is 5.83. The van der Waals surface area contributed by atoms with E-state index in [4.69, 9.17) is 5.73 Å². The number of hydrogen-bond donors (Lipinski definition) is 1. The molecule has 1 atom stereocenters. The van der Waals surface area contributed by atoms with Crippen molar-refractivity contribution >= 4 is 16.5 Å². The molecule has 0 fully saturated rings. The molecule has 0 aliphatic carbocycles. The fourth-order valence-electron chi connectivity index (χ4n) is 2.45. The predicted molar refractivity (Wildman–Crippen MR) is 82.3 cm³/mol. The second kappa shape index (κ2) is 4.77. The van der Waals surface area contributed by atoms with Crippen LogP contribution in [-0.2, 0) is 0 Å². The highest BCUT2D eigenvalue weighted by Gasteiger charge is 2.08. The Bertz CT molecular complexity index is 698. The van der Waals surface area contributed by atoms with Gasteiger partial charge < -0.3 is 5.73 Å². The van der Waals surface area contributed by atoms with Gasteiger partial charge in [-0.25, -0.2) is 0 Å². The van der Waals surface area contributed by atoms with Crippen LogP contribution in [0, 0.1) is 0 Å². The molecule has 0 aliphatic heterocycles. The highest BCUT2D eigenvalue weighted by atomic mass is 14.5. The van der Waals surface area contributed by atoms with Crippen molar-refractivity contribution in [3.05, 3.63) is 77.9 Å². The van der Waals surface area contributed by atoms with E-state index in [1.165, 1.54) is 21.9 Å². The van der Waals surface area contributed by atoms with E-state index in [0.29, 0.717) is 5.92 Å². The summed E-state index contributed by atoms with van der Waals surface area (Å²) in [6.07, 6.45) is 0. The van der Waals surface area contributed by atoms with Crippen LogP contribution in [0.4, 0.5) is 5.69 Å². The first kappa shape index (κ1) is 11.8. The van der Waals surface area contributed by atoms with Gasteiger partial charge in [-0.3, -0.25) is 0 Å². The summed E-state index contributed by atoms with van der Waals surface area (Å²) in [4.78, 5) is 0. The van der Waals surface area contributed by atoms with Gasteiger partial charge in [0.15, 0.2) is 0 Å². The van der Waals surface area contributed by atoms with Crippen LogP contribution in [0.2, 0.25) is 0 Å². The maximum absolute atomic E-state index is 5.74. The molecule has 2 N–H and O–H groups in total. The Morgan fingerprint density at radius 3 is 2.11 bits per heavy atom. The molecule has 1 nitrogen and oxygen atoms in total. The Labute approximate surface area is 113 Å². The molecule has 0 heterocycles. The molecule has 94 valence electrons. The number of benzene rings is 3. The third-order valence-corrected chi connectivity index (χ3v) is 3.71. The van der Waals surface area contributed by atoms with Crippen molar-refractivity contribution in [1.29, 1.82) is 0 Å². The summed E-state index contributed by atoms with van der Waals surface area (Å²) >= 11 is 0. The van der Waals surface area contributed by atoms with Crippen molar-refractivity contribution in [2.45, 2.75) is 12.8 Å². The molecule has 0 aromatic heterocycles. The summed E-state index contributed by atoms with van der Waals surface area (Å²) in [5, 5.41) is 2.58. The van der Waals surface area contributed by atoms with Crippen LogP contribution in [0.25, 0.3) is 10.8 Å². The van der Waals surface area contributed by atoms with Crippen molar-refractivity contribution in [2.24, 2.45) is 0 Å². The molecular formula is C18H17N. The molecule has 0 aliphatic rings. The lowest BCUT2D eigenvalue weighted by Gasteiger charge is -2.13. The number of nitrogen functional groups attached to an aromatic ring is 1. The van der Waals surface area contributed by atoms with Gasteiger partial charge in [0.1, 0.15) is 0 Å². The number of fused-ring (bicyclic) bond motifs is 1. The largest absolute Gasteiger partial charge is 0.399 e. The lowest BCUT2D eigenvalue weighted by atomic mass is 9.91. The molecule has 19 heavy (non-hydrogen) atoms. The normalized spacial score (nSPS) is 12.5. The topological polar surface area (TPSA) is 26.0 Å². The van der Waals surface area contributed by atoms with Crippen molar-refractivity contribution in [3.63, 3.8) is 0 Å². The standard InChI is InChI=1S/C18H17N/c1-13(14-8-10-18(19)11-9-14)16-7-6-15-4-2-3-5-17(15)12-16/h2-13H,19H2,1H3. The third kappa shape index (κ3) is 2.32. The molecule has 0 saturated carbocycles. The van der Waals surface area contributed by atoms with E-state index in [1.807, 2.05) is 12.1 Å². The minimum absolute atomic E-state index is 0.380. The van der Waals surface area contributed by atoms with Crippen LogP contribution in [0.5, 0.6) is 0 Å². The number of nitrogens with two attached hydrogens (primary N) is 1. The van der Waals surface area contributed by atoms with Gasteiger partial charge in [-0.05, 0) is 34.0 Å². The summed E-state index contributed by atoms with van der Waals surface area (Å²) in [5.41, 5.74) is 9.19. The van der Waals surface area contributed by atoms with E-state index in [-0.39, 0.29) is 0 Å². The molecule has 3 aromatic carbocycles. The second-order valence-electron chi connectivity index (χ2n) is 4.99. The van der Waals surface area contributed by atoms with E-state index < -0.39 is 0 Å². The van der Waals surface area contributed by atoms with Crippen molar-refractivity contribution < 1.29 is 0 Å². The van der Waals surface area contributed by atoms with E-state index >= 15 is 0 Å². The summed E-state index contributed by atoms with van der Waals surface area (Å²) in [5.74, 6) is 0.380. The van der Waals surface area contributed by atoms with Gasteiger partial charge in [0, 0.05) is 11.6 Å². The summed E-state index contributed by atoms with van der Waals surface area (Å²) in [6, 6.07) is 23.3. The Balaban J connectivity index is 2.01. The zero-order valence-electron chi connectivity index (χ0n) is 11.0. The first-order valence-corrected chi connectivity index (χ1v) is 6.58. The Hall–Kier alpha value is -2.28. The maximum atomic E-state index is 5.74. The molecule has 0 amide bonds. The van der Waals surface area contributed by atoms with Gasteiger partial charge in [0.25, 0.3) is 0 Å². The van der Waals surface area contributed by atoms with Crippen LogP contribution in [0.3, 0.4) is 0 Å². The zero-order valence-corrected chi connectivity index (χ0v) is 11.0. The lowest BCUT2D eigenvalue weighted by molar-refractivity contribution is 0.925. The van der Waals surface area contributed by atoms with Gasteiger partial charge in [0.05, 0.1) is 0 Å². The average molecular weight is 247 g/mol. The number of anilines is 1. The second-order valence-corrected chi connectivity index (χ2v) is 4.99. The van der Waals surface area contributed by atoms with Crippen molar-refractivity contribution in [2.75, 3.05) is 5.73 Å². The lowest BCUT2D eigenvalue weighted by Crippen LogP contribution is -1.96. The van der Waals surface area contributed by atoms with Gasteiger partial charge in [-0.1, -0.05) is 61.5 Å². The molecular weight excluding hydrogens is 230 g/mol. The number of hydrogen-bond acceptors (Lipinski definition) is 1. The van der Waals surface area contributed by atoms with Crippen molar-refractivity contribution in [3.8, 4) is 0 Å². The van der Waals surface area contributed by atoms with Gasteiger partial charge in [-0.2, -0.15) is 0 Å². The Kier molecular flexibility index (Phi) is 2.96. The van der Waals surface area contributed by atoms with Gasteiger partial charge >= 0.3 is 0 Å². The molecule has 1 unspecified atom stereocenters. The smallest absolute Gasteiger partial charge is 0.0314 e. The Morgan fingerprint density at radius 2 is 1.37 bits per heavy atom. The fourth-order valence-corrected chi connectivity index (χ4v) is 2.45. The van der Waals surface area contributed by atoms with Crippen LogP contribution in [0.1, 0.15) is 24.0 Å². The summed E-state index contributed by atoms with van der Waals surface area (Å²) in [7, 11) is 0. The first-order valence-electron chi connectivity index (χ1n) is 6.58. The molecule has 3 aromatic rings. The van der Waals surface area contributed by atoms with Crippen LogP contribution < -0.4 is 5.73 Å². The van der Waals surface area contributed by atoms with Gasteiger partial charge in [-0.15, -0.1) is 0 Å². The molecule has 1 heteroatoms. The maximum Gasteiger partial charge on any atom is 0.0314 e. The highest BCUT2D eigenvalue weighted by Crippen LogP contribution is 2.27. The minimum atomic E-state index is 0.380. The molecule has 0 radical (unpaired) electrons. The first-order chi connectivity index (χ1) is 9.24. The average Bonchev–Trinajstić information content (AvgIpc) is 2.47. The molecule has 0 spiro atoms. The monoisotopic (exact) mass is 247 g/mol. The van der Waals surface area contributed by atoms with Crippen molar-refractivity contribution in [1.82, 2.24) is 0 Å². The van der Waals surface area contributed by atoms with Crippen LogP contribution >= 0.6 is 0 Å². The molecule has 0 bridgehead atoms. The van der Waals surface area contributed by atoms with Gasteiger partial charge in [0.2, 0.25) is 0 Å². The minimum Gasteiger partial charge on any atom is -0.399 e.